The predicted octanol–water partition coefficient (Wildman–Crippen LogP) is 3.11. The SMILES string of the molecule is CCCCOC[C@@H](C(=O)OCC)[C@H](OCOCc1ccccc1)C(=O)OCC. The van der Waals surface area contributed by atoms with Crippen LogP contribution in [0, 0.1) is 5.92 Å². The Morgan fingerprint density at radius 2 is 1.61 bits per heavy atom. The molecule has 0 radical (unpaired) electrons. The molecule has 0 saturated heterocycles. The number of ether oxygens (including phenoxy) is 5. The van der Waals surface area contributed by atoms with E-state index in [1.54, 1.807) is 13.8 Å². The first kappa shape index (κ1) is 24.1. The highest BCUT2D eigenvalue weighted by Crippen LogP contribution is 2.15. The highest BCUT2D eigenvalue weighted by molar-refractivity contribution is 5.84. The van der Waals surface area contributed by atoms with Crippen LogP contribution in [0.2, 0.25) is 0 Å². The monoisotopic (exact) mass is 396 g/mol. The van der Waals surface area contributed by atoms with Gasteiger partial charge in [0.05, 0.1) is 26.4 Å². The molecule has 0 aliphatic heterocycles. The van der Waals surface area contributed by atoms with Crippen molar-refractivity contribution in [1.82, 2.24) is 0 Å². The molecule has 0 saturated carbocycles. The molecule has 0 aliphatic rings. The van der Waals surface area contributed by atoms with E-state index in [1.807, 2.05) is 37.3 Å². The van der Waals surface area contributed by atoms with Crippen LogP contribution in [0.15, 0.2) is 30.3 Å². The number of carbonyl (C=O) groups is 2. The zero-order chi connectivity index (χ0) is 20.6. The summed E-state index contributed by atoms with van der Waals surface area (Å²) in [6, 6.07) is 9.58. The molecular weight excluding hydrogens is 364 g/mol. The summed E-state index contributed by atoms with van der Waals surface area (Å²) in [6.45, 7) is 6.49. The van der Waals surface area contributed by atoms with Crippen LogP contribution in [-0.4, -0.2) is 51.3 Å². The Labute approximate surface area is 167 Å². The van der Waals surface area contributed by atoms with Crippen molar-refractivity contribution in [3.05, 3.63) is 35.9 Å². The first-order valence-electron chi connectivity index (χ1n) is 9.78. The average Bonchev–Trinajstić information content (AvgIpc) is 2.70. The Bertz CT molecular complexity index is 547. The molecule has 0 bridgehead atoms. The van der Waals surface area contributed by atoms with E-state index in [9.17, 15) is 9.59 Å². The van der Waals surface area contributed by atoms with E-state index in [2.05, 4.69) is 0 Å². The molecule has 1 aromatic carbocycles. The molecule has 0 heterocycles. The highest BCUT2D eigenvalue weighted by Gasteiger charge is 2.37. The number of hydrogen-bond acceptors (Lipinski definition) is 7. The Balaban J connectivity index is 2.71. The van der Waals surface area contributed by atoms with Gasteiger partial charge in [-0.3, -0.25) is 4.79 Å². The van der Waals surface area contributed by atoms with Crippen LogP contribution < -0.4 is 0 Å². The summed E-state index contributed by atoms with van der Waals surface area (Å²) < 4.78 is 26.8. The van der Waals surface area contributed by atoms with E-state index in [-0.39, 0.29) is 26.6 Å². The first-order chi connectivity index (χ1) is 13.6. The van der Waals surface area contributed by atoms with Crippen LogP contribution in [0.25, 0.3) is 0 Å². The van der Waals surface area contributed by atoms with Crippen LogP contribution >= 0.6 is 0 Å². The third-order valence-corrected chi connectivity index (χ3v) is 3.86. The van der Waals surface area contributed by atoms with E-state index in [0.29, 0.717) is 13.2 Å². The van der Waals surface area contributed by atoms with Gasteiger partial charge in [-0.1, -0.05) is 43.7 Å². The van der Waals surface area contributed by atoms with Crippen molar-refractivity contribution in [1.29, 1.82) is 0 Å². The van der Waals surface area contributed by atoms with Crippen molar-refractivity contribution >= 4 is 11.9 Å². The largest absolute Gasteiger partial charge is 0.466 e. The van der Waals surface area contributed by atoms with Gasteiger partial charge in [-0.15, -0.1) is 0 Å². The van der Waals surface area contributed by atoms with Crippen LogP contribution in [-0.2, 0) is 39.9 Å². The van der Waals surface area contributed by atoms with Gasteiger partial charge in [0.25, 0.3) is 0 Å². The minimum absolute atomic E-state index is 0.0149. The number of carbonyl (C=O) groups excluding carboxylic acids is 2. The van der Waals surface area contributed by atoms with Gasteiger partial charge in [0.15, 0.2) is 6.10 Å². The fourth-order valence-electron chi connectivity index (χ4n) is 2.41. The van der Waals surface area contributed by atoms with Gasteiger partial charge in [0.2, 0.25) is 0 Å². The summed E-state index contributed by atoms with van der Waals surface area (Å²) in [6.07, 6.45) is 0.673. The minimum Gasteiger partial charge on any atom is -0.466 e. The molecule has 0 spiro atoms. The third-order valence-electron chi connectivity index (χ3n) is 3.86. The van der Waals surface area contributed by atoms with Crippen LogP contribution in [0.5, 0.6) is 0 Å². The van der Waals surface area contributed by atoms with Gasteiger partial charge in [0.1, 0.15) is 12.7 Å². The van der Waals surface area contributed by atoms with E-state index >= 15 is 0 Å². The smallest absolute Gasteiger partial charge is 0.336 e. The lowest BCUT2D eigenvalue weighted by Gasteiger charge is -2.24. The van der Waals surface area contributed by atoms with E-state index < -0.39 is 24.0 Å². The maximum absolute atomic E-state index is 12.4. The third kappa shape index (κ3) is 9.30. The Hall–Kier alpha value is -1.96. The molecule has 0 aromatic heterocycles. The summed E-state index contributed by atoms with van der Waals surface area (Å²) in [5, 5.41) is 0. The second-order valence-corrected chi connectivity index (χ2v) is 6.08. The minimum atomic E-state index is -1.16. The zero-order valence-corrected chi connectivity index (χ0v) is 17.1. The van der Waals surface area contributed by atoms with Crippen molar-refractivity contribution < 1.29 is 33.3 Å². The van der Waals surface area contributed by atoms with E-state index in [1.165, 1.54) is 0 Å². The summed E-state index contributed by atoms with van der Waals surface area (Å²) in [7, 11) is 0. The molecular formula is C21H32O7. The molecule has 2 atom stereocenters. The normalized spacial score (nSPS) is 13.0. The molecule has 1 aromatic rings. The lowest BCUT2D eigenvalue weighted by atomic mass is 10.0. The quantitative estimate of drug-likeness (QED) is 0.256. The predicted molar refractivity (Wildman–Crippen MR) is 103 cm³/mol. The molecule has 0 N–H and O–H groups in total. The molecule has 28 heavy (non-hydrogen) atoms. The van der Waals surface area contributed by atoms with Gasteiger partial charge < -0.3 is 23.7 Å². The fourth-order valence-corrected chi connectivity index (χ4v) is 2.41. The molecule has 0 fully saturated rings. The standard InChI is InChI=1S/C21H32O7/c1-4-7-13-24-15-18(20(22)26-5-2)19(21(23)27-6-3)28-16-25-14-17-11-9-8-10-12-17/h8-12,18-19H,4-7,13-16H2,1-3H3/t18-,19+/m1/s1. The molecule has 0 unspecified atom stereocenters. The van der Waals surface area contributed by atoms with Crippen molar-refractivity contribution in [3.63, 3.8) is 0 Å². The molecule has 7 nitrogen and oxygen atoms in total. The van der Waals surface area contributed by atoms with Crippen LogP contribution in [0.4, 0.5) is 0 Å². The van der Waals surface area contributed by atoms with Gasteiger partial charge in [-0.2, -0.15) is 0 Å². The summed E-state index contributed by atoms with van der Waals surface area (Å²) in [4.78, 5) is 24.8. The van der Waals surface area contributed by atoms with Crippen molar-refractivity contribution in [2.45, 2.75) is 46.3 Å². The molecule has 7 heteroatoms. The van der Waals surface area contributed by atoms with Gasteiger partial charge in [0, 0.05) is 6.61 Å². The Morgan fingerprint density at radius 3 is 2.25 bits per heavy atom. The topological polar surface area (TPSA) is 80.3 Å². The van der Waals surface area contributed by atoms with Crippen LogP contribution in [0.3, 0.4) is 0 Å². The van der Waals surface area contributed by atoms with E-state index in [4.69, 9.17) is 23.7 Å². The summed E-state index contributed by atoms with van der Waals surface area (Å²) >= 11 is 0. The lowest BCUT2D eigenvalue weighted by Crippen LogP contribution is -2.42. The number of hydrogen-bond donors (Lipinski definition) is 0. The van der Waals surface area contributed by atoms with Crippen LogP contribution in [0.1, 0.15) is 39.2 Å². The molecule has 0 amide bonds. The Morgan fingerprint density at radius 1 is 0.929 bits per heavy atom. The van der Waals surface area contributed by atoms with Crippen molar-refractivity contribution in [3.8, 4) is 0 Å². The number of unbranched alkanes of at least 4 members (excludes halogenated alkanes) is 1. The van der Waals surface area contributed by atoms with E-state index in [0.717, 1.165) is 18.4 Å². The molecule has 158 valence electrons. The number of esters is 2. The average molecular weight is 396 g/mol. The van der Waals surface area contributed by atoms with Crippen molar-refractivity contribution in [2.24, 2.45) is 5.92 Å². The van der Waals surface area contributed by atoms with Gasteiger partial charge in [-0.25, -0.2) is 4.79 Å². The molecule has 0 aliphatic carbocycles. The second kappa shape index (κ2) is 15.0. The first-order valence-corrected chi connectivity index (χ1v) is 9.78. The molecule has 1 rings (SSSR count). The highest BCUT2D eigenvalue weighted by atomic mass is 16.7. The number of rotatable bonds is 15. The van der Waals surface area contributed by atoms with Gasteiger partial charge in [-0.05, 0) is 25.8 Å². The fraction of sp³-hybridized carbons (Fsp3) is 0.619. The zero-order valence-electron chi connectivity index (χ0n) is 17.1. The maximum atomic E-state index is 12.4. The summed E-state index contributed by atoms with van der Waals surface area (Å²) in [5.41, 5.74) is 0.976. The lowest BCUT2D eigenvalue weighted by molar-refractivity contribution is -0.185. The van der Waals surface area contributed by atoms with Gasteiger partial charge >= 0.3 is 11.9 Å². The summed E-state index contributed by atoms with van der Waals surface area (Å²) in [5.74, 6) is -2.11. The van der Waals surface area contributed by atoms with Crippen molar-refractivity contribution in [2.75, 3.05) is 33.2 Å². The Kier molecular flexibility index (Phi) is 12.9. The number of benzene rings is 1. The second-order valence-electron chi connectivity index (χ2n) is 6.08. The maximum Gasteiger partial charge on any atom is 0.336 e.